The van der Waals surface area contributed by atoms with Crippen LogP contribution < -0.4 is 0 Å². The predicted octanol–water partition coefficient (Wildman–Crippen LogP) is 6.16. The molecule has 2 N–H and O–H groups in total. The molecule has 0 saturated carbocycles. The van der Waals surface area contributed by atoms with Crippen molar-refractivity contribution < 1.29 is 15.0 Å². The molecule has 3 heteroatoms. The third-order valence-electron chi connectivity index (χ3n) is 5.09. The van der Waals surface area contributed by atoms with Gasteiger partial charge in [0.25, 0.3) is 0 Å². The van der Waals surface area contributed by atoms with Gasteiger partial charge >= 0.3 is 5.97 Å². The molecule has 1 rings (SSSR count). The van der Waals surface area contributed by atoms with E-state index in [9.17, 15) is 9.90 Å². The van der Waals surface area contributed by atoms with Crippen molar-refractivity contribution in [3.05, 3.63) is 48.0 Å². The molecule has 1 aromatic rings. The topological polar surface area (TPSA) is 57.5 Å². The summed E-state index contributed by atoms with van der Waals surface area (Å²) in [6.07, 6.45) is 15.5. The van der Waals surface area contributed by atoms with Crippen LogP contribution in [0.4, 0.5) is 0 Å². The molecule has 2 atom stereocenters. The minimum absolute atomic E-state index is 0.263. The number of aryl methyl sites for hydroxylation is 1. The number of carboxylic acids is 1. The van der Waals surface area contributed by atoms with E-state index in [2.05, 4.69) is 25.1 Å². The number of allylic oxidation sites excluding steroid dienone is 1. The summed E-state index contributed by atoms with van der Waals surface area (Å²) < 4.78 is 0. The predicted molar refractivity (Wildman–Crippen MR) is 113 cm³/mol. The Morgan fingerprint density at radius 3 is 2.44 bits per heavy atom. The Kier molecular flexibility index (Phi) is 13.4. The van der Waals surface area contributed by atoms with Crippen molar-refractivity contribution in [3.8, 4) is 0 Å². The lowest BCUT2D eigenvalue weighted by Gasteiger charge is -2.14. The van der Waals surface area contributed by atoms with E-state index < -0.39 is 5.97 Å². The first kappa shape index (κ1) is 23.4. The van der Waals surface area contributed by atoms with Crippen molar-refractivity contribution in [3.63, 3.8) is 0 Å². The number of aliphatic hydroxyl groups is 1. The first-order valence-electron chi connectivity index (χ1n) is 10.7. The average molecular weight is 375 g/mol. The van der Waals surface area contributed by atoms with Crippen LogP contribution in [0.25, 0.3) is 0 Å². The summed E-state index contributed by atoms with van der Waals surface area (Å²) in [4.78, 5) is 11.1. The number of carbonyl (C=O) groups is 1. The second kappa shape index (κ2) is 15.4. The molecule has 0 aliphatic rings. The van der Waals surface area contributed by atoms with Crippen molar-refractivity contribution in [1.29, 1.82) is 0 Å². The van der Waals surface area contributed by atoms with Gasteiger partial charge in [0.15, 0.2) is 0 Å². The van der Waals surface area contributed by atoms with E-state index in [1.165, 1.54) is 18.4 Å². The molecule has 0 aliphatic heterocycles. The van der Waals surface area contributed by atoms with Gasteiger partial charge in [-0.1, -0.05) is 81.5 Å². The molecule has 0 aliphatic carbocycles. The highest BCUT2D eigenvalue weighted by Crippen LogP contribution is 2.21. The van der Waals surface area contributed by atoms with Crippen LogP contribution >= 0.6 is 0 Å². The Balaban J connectivity index is 2.16. The minimum Gasteiger partial charge on any atom is -0.481 e. The Hall–Kier alpha value is -1.61. The minimum atomic E-state index is -0.687. The Morgan fingerprint density at radius 2 is 1.74 bits per heavy atom. The quantitative estimate of drug-likeness (QED) is 0.269. The zero-order valence-corrected chi connectivity index (χ0v) is 17.0. The largest absolute Gasteiger partial charge is 0.481 e. The normalized spacial score (nSPS) is 13.7. The number of carboxylic acid groups (broad SMARTS) is 1. The van der Waals surface area contributed by atoms with E-state index in [4.69, 9.17) is 5.11 Å². The molecule has 3 nitrogen and oxygen atoms in total. The number of rotatable bonds is 16. The fraction of sp³-hybridized carbons (Fsp3) is 0.625. The molecule has 0 spiro atoms. The van der Waals surface area contributed by atoms with Crippen LogP contribution in [0.3, 0.4) is 0 Å². The van der Waals surface area contributed by atoms with Crippen molar-refractivity contribution in [2.24, 2.45) is 5.92 Å². The molecule has 1 aromatic carbocycles. The summed E-state index contributed by atoms with van der Waals surface area (Å²) in [6, 6.07) is 10.3. The summed E-state index contributed by atoms with van der Waals surface area (Å²) in [6.45, 7) is 2.17. The van der Waals surface area contributed by atoms with Crippen molar-refractivity contribution in [1.82, 2.24) is 0 Å². The number of aliphatic carboxylic acids is 1. The van der Waals surface area contributed by atoms with Crippen molar-refractivity contribution in [2.45, 2.75) is 90.1 Å². The molecule has 27 heavy (non-hydrogen) atoms. The summed E-state index contributed by atoms with van der Waals surface area (Å²) in [5.41, 5.74) is 1.29. The first-order chi connectivity index (χ1) is 13.1. The molecular formula is C24H38O3. The lowest BCUT2D eigenvalue weighted by Crippen LogP contribution is -2.09. The van der Waals surface area contributed by atoms with Gasteiger partial charge in [0, 0.05) is 6.42 Å². The number of unbranched alkanes of at least 4 members (excludes halogenated alkanes) is 5. The van der Waals surface area contributed by atoms with Gasteiger partial charge in [-0.3, -0.25) is 4.79 Å². The maximum atomic E-state index is 11.1. The Morgan fingerprint density at radius 1 is 1.00 bits per heavy atom. The number of hydrogen-bond donors (Lipinski definition) is 2. The van der Waals surface area contributed by atoms with E-state index in [0.717, 1.165) is 57.8 Å². The second-order valence-corrected chi connectivity index (χ2v) is 7.62. The number of aliphatic hydroxyl groups excluding tert-OH is 1. The van der Waals surface area contributed by atoms with Crippen LogP contribution in [0.2, 0.25) is 0 Å². The highest BCUT2D eigenvalue weighted by atomic mass is 16.4. The molecule has 0 bridgehead atoms. The molecule has 0 amide bonds. The third kappa shape index (κ3) is 13.2. The van der Waals surface area contributed by atoms with Gasteiger partial charge < -0.3 is 10.2 Å². The molecule has 0 unspecified atom stereocenters. The highest BCUT2D eigenvalue weighted by molar-refractivity contribution is 5.67. The smallest absolute Gasteiger partial charge is 0.303 e. The lowest BCUT2D eigenvalue weighted by atomic mass is 9.91. The van der Waals surface area contributed by atoms with Gasteiger partial charge in [-0.2, -0.15) is 0 Å². The van der Waals surface area contributed by atoms with E-state index in [1.54, 1.807) is 0 Å². The molecule has 152 valence electrons. The third-order valence-corrected chi connectivity index (χ3v) is 5.09. The summed E-state index contributed by atoms with van der Waals surface area (Å²) in [5.74, 6) is -0.424. The van der Waals surface area contributed by atoms with Crippen molar-refractivity contribution in [2.75, 3.05) is 0 Å². The Bertz CT molecular complexity index is 510. The SMILES string of the molecule is CCCCC[C@@H](O)C=CCCCCC[C@H](CCc1ccccc1)CC(=O)O. The molecule has 0 aromatic heterocycles. The second-order valence-electron chi connectivity index (χ2n) is 7.62. The van der Waals surface area contributed by atoms with Gasteiger partial charge in [-0.15, -0.1) is 0 Å². The molecule has 0 radical (unpaired) electrons. The molecule has 0 saturated heterocycles. The number of benzene rings is 1. The van der Waals surface area contributed by atoms with E-state index in [0.29, 0.717) is 0 Å². The Labute approximate surface area is 165 Å². The van der Waals surface area contributed by atoms with Gasteiger partial charge in [0.1, 0.15) is 0 Å². The van der Waals surface area contributed by atoms with E-state index in [-0.39, 0.29) is 18.4 Å². The average Bonchev–Trinajstić information content (AvgIpc) is 2.65. The zero-order valence-electron chi connectivity index (χ0n) is 17.0. The van der Waals surface area contributed by atoms with E-state index >= 15 is 0 Å². The lowest BCUT2D eigenvalue weighted by molar-refractivity contribution is -0.138. The monoisotopic (exact) mass is 374 g/mol. The first-order valence-corrected chi connectivity index (χ1v) is 10.7. The van der Waals surface area contributed by atoms with Crippen LogP contribution in [-0.2, 0) is 11.2 Å². The molecule has 0 heterocycles. The molecule has 0 fully saturated rings. The fourth-order valence-electron chi connectivity index (χ4n) is 3.44. The zero-order chi connectivity index (χ0) is 19.7. The van der Waals surface area contributed by atoms with Gasteiger partial charge in [-0.25, -0.2) is 0 Å². The van der Waals surface area contributed by atoms with E-state index in [1.807, 2.05) is 24.3 Å². The fourth-order valence-corrected chi connectivity index (χ4v) is 3.44. The summed E-state index contributed by atoms with van der Waals surface area (Å²) in [7, 11) is 0. The van der Waals surface area contributed by atoms with Crippen molar-refractivity contribution >= 4 is 5.97 Å². The van der Waals surface area contributed by atoms with Crippen LogP contribution in [0.15, 0.2) is 42.5 Å². The standard InChI is InChI=1S/C24H38O3/c1-2-3-8-16-23(25)17-12-6-4-5-9-15-22(20-24(26)27)19-18-21-13-10-7-11-14-21/h7,10-14,17,22-23,25H,2-6,8-9,15-16,18-20H2,1H3,(H,26,27)/t22-,23-/m1/s1. The number of hydrogen-bond acceptors (Lipinski definition) is 2. The van der Waals surface area contributed by atoms with Crippen LogP contribution in [0.5, 0.6) is 0 Å². The van der Waals surface area contributed by atoms with Gasteiger partial charge in [0.05, 0.1) is 6.10 Å². The summed E-state index contributed by atoms with van der Waals surface area (Å²) in [5, 5.41) is 19.0. The maximum Gasteiger partial charge on any atom is 0.303 e. The molecular weight excluding hydrogens is 336 g/mol. The van der Waals surface area contributed by atoms with Crippen LogP contribution in [0, 0.1) is 5.92 Å². The van der Waals surface area contributed by atoms with Crippen LogP contribution in [-0.4, -0.2) is 22.3 Å². The van der Waals surface area contributed by atoms with Gasteiger partial charge in [-0.05, 0) is 50.0 Å². The van der Waals surface area contributed by atoms with Crippen LogP contribution in [0.1, 0.15) is 83.1 Å². The maximum absolute atomic E-state index is 11.1. The highest BCUT2D eigenvalue weighted by Gasteiger charge is 2.13. The summed E-state index contributed by atoms with van der Waals surface area (Å²) >= 11 is 0. The van der Waals surface area contributed by atoms with Gasteiger partial charge in [0.2, 0.25) is 0 Å².